The van der Waals surface area contributed by atoms with E-state index in [4.69, 9.17) is 16.2 Å². The van der Waals surface area contributed by atoms with Crippen LogP contribution in [0, 0.1) is 19.7 Å². The van der Waals surface area contributed by atoms with E-state index in [1.165, 1.54) is 27.0 Å². The Bertz CT molecular complexity index is 2580. The maximum atomic E-state index is 13.9. The van der Waals surface area contributed by atoms with Crippen LogP contribution < -0.4 is 22.6 Å². The Morgan fingerprint density at radius 3 is 1.66 bits per heavy atom. The molecule has 0 atom stereocenters. The van der Waals surface area contributed by atoms with Crippen molar-refractivity contribution in [2.45, 2.75) is 51.4 Å². The van der Waals surface area contributed by atoms with Crippen LogP contribution in [0.2, 0.25) is 0 Å². The molecule has 250 valence electrons. The van der Waals surface area contributed by atoms with E-state index < -0.39 is 28.9 Å². The summed E-state index contributed by atoms with van der Waals surface area (Å²) in [5.74, 6) is -2.52. The minimum Gasteiger partial charge on any atom is -0.399 e. The molecule has 2 aromatic carbocycles. The van der Waals surface area contributed by atoms with Gasteiger partial charge in [0.15, 0.2) is 0 Å². The van der Waals surface area contributed by atoms with Crippen molar-refractivity contribution in [2.24, 2.45) is 0 Å². The number of esters is 2. The molecule has 2 saturated carbocycles. The second-order valence-corrected chi connectivity index (χ2v) is 13.4. The van der Waals surface area contributed by atoms with Gasteiger partial charge >= 0.3 is 11.9 Å². The summed E-state index contributed by atoms with van der Waals surface area (Å²) in [7, 11) is 0. The van der Waals surface area contributed by atoms with Crippen molar-refractivity contribution >= 4 is 34.3 Å². The molecule has 2 fully saturated rings. The van der Waals surface area contributed by atoms with E-state index >= 15 is 0 Å². The second kappa shape index (κ2) is 11.5. The molecule has 0 amide bonds. The number of ether oxygens (including phenoxy) is 1. The first kappa shape index (κ1) is 31.3. The van der Waals surface area contributed by atoms with Gasteiger partial charge in [0.1, 0.15) is 16.9 Å². The van der Waals surface area contributed by atoms with Crippen molar-refractivity contribution < 1.29 is 18.7 Å². The van der Waals surface area contributed by atoms with Gasteiger partial charge < -0.3 is 16.2 Å². The number of nitrogens with two attached hydrogens (primary N) is 2. The molecule has 9 nitrogen and oxygen atoms in total. The Morgan fingerprint density at radius 1 is 0.700 bits per heavy atom. The standard InChI is InChI=1S/C40H33FN4O5/c1-20-27(24-4-3-5-26(42)16-24)12-14-44-35(20)29(22-6-7-22)18-31(37(44)46)39(48)50-40(49)32-19-30(23-8-9-23)36-21(2)28(13-15-45(36)38(32)47)25-10-11-33(41)34(43)17-25/h3-5,10-19,22-23H,6-9,42-43H2,1-2H3. The Morgan fingerprint density at radius 2 is 1.20 bits per heavy atom. The van der Waals surface area contributed by atoms with Gasteiger partial charge in [0.2, 0.25) is 0 Å². The van der Waals surface area contributed by atoms with Gasteiger partial charge in [-0.25, -0.2) is 14.0 Å². The monoisotopic (exact) mass is 668 g/mol. The van der Waals surface area contributed by atoms with E-state index in [1.807, 2.05) is 44.2 Å². The number of aryl methyl sites for hydroxylation is 2. The first-order chi connectivity index (χ1) is 24.0. The van der Waals surface area contributed by atoms with Gasteiger partial charge in [-0.3, -0.25) is 18.4 Å². The number of nitrogen functional groups attached to an aromatic ring is 2. The minimum atomic E-state index is -1.13. The number of nitrogens with zero attached hydrogens (tertiary/aromatic N) is 2. The highest BCUT2D eigenvalue weighted by Crippen LogP contribution is 2.45. The van der Waals surface area contributed by atoms with Crippen LogP contribution in [0.4, 0.5) is 15.8 Å². The van der Waals surface area contributed by atoms with Crippen LogP contribution in [0.3, 0.4) is 0 Å². The van der Waals surface area contributed by atoms with Crippen molar-refractivity contribution in [3.05, 3.63) is 139 Å². The number of hydrogen-bond donors (Lipinski definition) is 2. The lowest BCUT2D eigenvalue weighted by Crippen LogP contribution is -2.29. The number of fused-ring (bicyclic) bond motifs is 2. The lowest BCUT2D eigenvalue weighted by Gasteiger charge is -2.17. The van der Waals surface area contributed by atoms with E-state index in [2.05, 4.69) is 0 Å². The third kappa shape index (κ3) is 5.15. The molecule has 2 aliphatic rings. The van der Waals surface area contributed by atoms with Crippen molar-refractivity contribution in [1.82, 2.24) is 8.80 Å². The molecular weight excluding hydrogens is 635 g/mol. The molecule has 8 rings (SSSR count). The van der Waals surface area contributed by atoms with Crippen LogP contribution in [0.5, 0.6) is 0 Å². The van der Waals surface area contributed by atoms with Crippen LogP contribution >= 0.6 is 0 Å². The van der Waals surface area contributed by atoms with Crippen molar-refractivity contribution in [2.75, 3.05) is 11.5 Å². The average Bonchev–Trinajstić information content (AvgIpc) is 4.02. The van der Waals surface area contributed by atoms with E-state index in [1.54, 1.807) is 30.6 Å². The molecular formula is C40H33FN4O5. The van der Waals surface area contributed by atoms with Gasteiger partial charge in [0.05, 0.1) is 16.7 Å². The number of benzene rings is 2. The summed E-state index contributed by atoms with van der Waals surface area (Å²) < 4.78 is 22.0. The number of rotatable bonds is 6. The highest BCUT2D eigenvalue weighted by molar-refractivity contribution is 6.03. The van der Waals surface area contributed by atoms with E-state index in [9.17, 15) is 23.6 Å². The lowest BCUT2D eigenvalue weighted by atomic mass is 9.96. The summed E-state index contributed by atoms with van der Waals surface area (Å²) in [6, 6.07) is 18.5. The zero-order valence-corrected chi connectivity index (χ0v) is 27.5. The topological polar surface area (TPSA) is 138 Å². The molecule has 6 aromatic rings. The zero-order chi connectivity index (χ0) is 35.0. The van der Waals surface area contributed by atoms with E-state index in [-0.39, 0.29) is 28.7 Å². The fourth-order valence-electron chi connectivity index (χ4n) is 7.13. The van der Waals surface area contributed by atoms with Gasteiger partial charge in [-0.05, 0) is 144 Å². The maximum Gasteiger partial charge on any atom is 0.351 e. The fourth-order valence-corrected chi connectivity index (χ4v) is 7.13. The van der Waals surface area contributed by atoms with Crippen molar-refractivity contribution in [3.8, 4) is 22.3 Å². The highest BCUT2D eigenvalue weighted by Gasteiger charge is 2.33. The van der Waals surface area contributed by atoms with Gasteiger partial charge in [-0.2, -0.15) is 0 Å². The molecule has 2 aliphatic carbocycles. The maximum absolute atomic E-state index is 13.9. The molecule has 0 spiro atoms. The Kier molecular flexibility index (Phi) is 7.22. The number of halogens is 1. The van der Waals surface area contributed by atoms with E-state index in [0.29, 0.717) is 22.3 Å². The number of carbonyl (C=O) groups excluding carboxylic acids is 2. The molecule has 0 bridgehead atoms. The number of aromatic nitrogens is 2. The number of hydrogen-bond acceptors (Lipinski definition) is 7. The average molecular weight is 669 g/mol. The molecule has 0 saturated heterocycles. The van der Waals surface area contributed by atoms with Crippen LogP contribution in [0.25, 0.3) is 33.3 Å². The molecule has 4 heterocycles. The molecule has 4 aromatic heterocycles. The molecule has 0 aliphatic heterocycles. The Labute approximate surface area is 285 Å². The van der Waals surface area contributed by atoms with Gasteiger partial charge in [0.25, 0.3) is 11.1 Å². The van der Waals surface area contributed by atoms with Crippen LogP contribution in [0.15, 0.2) is 88.7 Å². The second-order valence-electron chi connectivity index (χ2n) is 13.4. The smallest absolute Gasteiger partial charge is 0.351 e. The Hall–Kier alpha value is -6.03. The zero-order valence-electron chi connectivity index (χ0n) is 27.5. The SMILES string of the molecule is Cc1c(-c2cccc(N)c2)ccn2c(=O)c(C(=O)OC(=O)c3cc(C4CC4)c4c(C)c(-c5ccc(F)c(N)c5)ccn4c3=O)cc(C3CC3)c12. The number of anilines is 2. The quantitative estimate of drug-likeness (QED) is 0.112. The molecule has 50 heavy (non-hydrogen) atoms. The van der Waals surface area contributed by atoms with Crippen LogP contribution in [-0.4, -0.2) is 20.7 Å². The summed E-state index contributed by atoms with van der Waals surface area (Å²) in [4.78, 5) is 54.8. The molecule has 0 radical (unpaired) electrons. The third-order valence-corrected chi connectivity index (χ3v) is 9.99. The summed E-state index contributed by atoms with van der Waals surface area (Å²) in [6.07, 6.45) is 6.72. The summed E-state index contributed by atoms with van der Waals surface area (Å²) >= 11 is 0. The van der Waals surface area contributed by atoms with Crippen molar-refractivity contribution in [1.29, 1.82) is 0 Å². The van der Waals surface area contributed by atoms with E-state index in [0.717, 1.165) is 64.6 Å². The first-order valence-electron chi connectivity index (χ1n) is 16.6. The molecule has 4 N–H and O–H groups in total. The summed E-state index contributed by atoms with van der Waals surface area (Å²) in [6.45, 7) is 3.80. The Balaban J connectivity index is 1.18. The van der Waals surface area contributed by atoms with Gasteiger partial charge in [-0.15, -0.1) is 0 Å². The lowest BCUT2D eigenvalue weighted by molar-refractivity contribution is 0.0395. The summed E-state index contributed by atoms with van der Waals surface area (Å²) in [5, 5.41) is 0. The molecule has 10 heteroatoms. The largest absolute Gasteiger partial charge is 0.399 e. The van der Waals surface area contributed by atoms with Crippen molar-refractivity contribution in [3.63, 3.8) is 0 Å². The summed E-state index contributed by atoms with van der Waals surface area (Å²) in [5.41, 5.74) is 18.5. The molecule has 0 unspecified atom stereocenters. The van der Waals surface area contributed by atoms with Gasteiger partial charge in [0, 0.05) is 18.1 Å². The van der Waals surface area contributed by atoms with Crippen LogP contribution in [0.1, 0.15) is 80.5 Å². The number of pyridine rings is 4. The number of carbonyl (C=O) groups is 2. The van der Waals surface area contributed by atoms with Gasteiger partial charge in [-0.1, -0.05) is 18.2 Å². The fraction of sp³-hybridized carbons (Fsp3) is 0.200. The minimum absolute atomic E-state index is 0.0114. The predicted octanol–water partition coefficient (Wildman–Crippen LogP) is 6.92. The highest BCUT2D eigenvalue weighted by atomic mass is 19.1. The predicted molar refractivity (Wildman–Crippen MR) is 190 cm³/mol. The third-order valence-electron chi connectivity index (χ3n) is 9.99. The first-order valence-corrected chi connectivity index (χ1v) is 16.6. The normalized spacial score (nSPS) is 14.3. The van der Waals surface area contributed by atoms with Crippen LogP contribution in [-0.2, 0) is 4.74 Å².